The van der Waals surface area contributed by atoms with Gasteiger partial charge < -0.3 is 10.0 Å². The van der Waals surface area contributed by atoms with Gasteiger partial charge in [-0.25, -0.2) is 0 Å². The Morgan fingerprint density at radius 1 is 0.708 bits per heavy atom. The summed E-state index contributed by atoms with van der Waals surface area (Å²) in [6.07, 6.45) is 17.5. The number of carbonyl (C=O) groups is 2. The second-order valence-corrected chi connectivity index (χ2v) is 6.95. The first-order chi connectivity index (χ1) is 11.6. The lowest BCUT2D eigenvalue weighted by atomic mass is 10.0. The first-order valence-corrected chi connectivity index (χ1v) is 10.0. The SMILES string of the molecule is CCCCCCCCCCCCCCCC(=O)N(C)CCC(=O)O. The summed E-state index contributed by atoms with van der Waals surface area (Å²) in [5.74, 6) is -0.782. The van der Waals surface area contributed by atoms with E-state index < -0.39 is 5.97 Å². The molecular formula is C20H39NO3. The summed E-state index contributed by atoms with van der Waals surface area (Å²) < 4.78 is 0. The fourth-order valence-corrected chi connectivity index (χ4v) is 2.87. The molecule has 0 atom stereocenters. The Morgan fingerprint density at radius 2 is 1.12 bits per heavy atom. The largest absolute Gasteiger partial charge is 0.481 e. The maximum atomic E-state index is 11.8. The third kappa shape index (κ3) is 15.8. The number of carbonyl (C=O) groups excluding carboxylic acids is 1. The first kappa shape index (κ1) is 22.9. The quantitative estimate of drug-likeness (QED) is 0.360. The molecule has 4 nitrogen and oxygen atoms in total. The van der Waals surface area contributed by atoms with Crippen molar-refractivity contribution in [1.82, 2.24) is 4.90 Å². The van der Waals surface area contributed by atoms with Crippen molar-refractivity contribution in [3.05, 3.63) is 0 Å². The van der Waals surface area contributed by atoms with Gasteiger partial charge in [0.15, 0.2) is 0 Å². The fraction of sp³-hybridized carbons (Fsp3) is 0.900. The molecule has 0 aliphatic heterocycles. The van der Waals surface area contributed by atoms with Crippen LogP contribution in [-0.4, -0.2) is 35.5 Å². The summed E-state index contributed by atoms with van der Waals surface area (Å²) in [6, 6.07) is 0. The second kappa shape index (κ2) is 16.8. The van der Waals surface area contributed by atoms with Gasteiger partial charge in [0.2, 0.25) is 5.91 Å². The molecule has 0 saturated carbocycles. The smallest absolute Gasteiger partial charge is 0.305 e. The van der Waals surface area contributed by atoms with Crippen molar-refractivity contribution in [2.45, 2.75) is 103 Å². The number of unbranched alkanes of at least 4 members (excludes halogenated alkanes) is 12. The van der Waals surface area contributed by atoms with Crippen LogP contribution in [0.25, 0.3) is 0 Å². The highest BCUT2D eigenvalue weighted by atomic mass is 16.4. The van der Waals surface area contributed by atoms with E-state index in [0.29, 0.717) is 13.0 Å². The molecule has 142 valence electrons. The highest BCUT2D eigenvalue weighted by Crippen LogP contribution is 2.13. The van der Waals surface area contributed by atoms with Crippen molar-refractivity contribution < 1.29 is 14.7 Å². The van der Waals surface area contributed by atoms with Gasteiger partial charge >= 0.3 is 5.97 Å². The fourth-order valence-electron chi connectivity index (χ4n) is 2.87. The molecule has 0 aromatic carbocycles. The van der Waals surface area contributed by atoms with Crippen LogP contribution < -0.4 is 0 Å². The van der Waals surface area contributed by atoms with Crippen LogP contribution in [0.15, 0.2) is 0 Å². The number of carboxylic acid groups (broad SMARTS) is 1. The number of carboxylic acids is 1. The summed E-state index contributed by atoms with van der Waals surface area (Å²) in [5, 5.41) is 8.61. The molecule has 0 aliphatic rings. The van der Waals surface area contributed by atoms with Crippen molar-refractivity contribution in [3.8, 4) is 0 Å². The summed E-state index contributed by atoms with van der Waals surface area (Å²) in [5.41, 5.74) is 0. The van der Waals surface area contributed by atoms with E-state index in [0.717, 1.165) is 12.8 Å². The van der Waals surface area contributed by atoms with Gasteiger partial charge in [-0.1, -0.05) is 84.0 Å². The Morgan fingerprint density at radius 3 is 1.54 bits per heavy atom. The summed E-state index contributed by atoms with van der Waals surface area (Å²) in [7, 11) is 1.69. The molecule has 0 unspecified atom stereocenters. The number of rotatable bonds is 17. The van der Waals surface area contributed by atoms with Gasteiger partial charge in [-0.2, -0.15) is 0 Å². The zero-order valence-corrected chi connectivity index (χ0v) is 16.0. The molecule has 1 N–H and O–H groups in total. The number of aliphatic carboxylic acids is 1. The van der Waals surface area contributed by atoms with Crippen molar-refractivity contribution in [2.24, 2.45) is 0 Å². The number of hydrogen-bond acceptors (Lipinski definition) is 2. The van der Waals surface area contributed by atoms with E-state index in [1.807, 2.05) is 0 Å². The number of amides is 1. The minimum absolute atomic E-state index is 0.0286. The predicted octanol–water partition coefficient (Wildman–Crippen LogP) is 5.40. The topological polar surface area (TPSA) is 57.6 Å². The molecule has 24 heavy (non-hydrogen) atoms. The van der Waals surface area contributed by atoms with Gasteiger partial charge in [-0.15, -0.1) is 0 Å². The first-order valence-electron chi connectivity index (χ1n) is 10.0. The molecule has 0 spiro atoms. The van der Waals surface area contributed by atoms with Gasteiger partial charge in [0.05, 0.1) is 6.42 Å². The minimum atomic E-state index is -0.851. The molecule has 0 heterocycles. The number of hydrogen-bond donors (Lipinski definition) is 1. The molecule has 0 radical (unpaired) electrons. The Hall–Kier alpha value is -1.06. The number of nitrogens with zero attached hydrogens (tertiary/aromatic N) is 1. The molecular weight excluding hydrogens is 302 g/mol. The molecule has 0 aromatic heterocycles. The summed E-state index contributed by atoms with van der Waals surface area (Å²) >= 11 is 0. The van der Waals surface area contributed by atoms with E-state index in [1.165, 1.54) is 75.5 Å². The van der Waals surface area contributed by atoms with Gasteiger partial charge in [0.1, 0.15) is 0 Å². The van der Waals surface area contributed by atoms with E-state index in [9.17, 15) is 9.59 Å². The maximum absolute atomic E-state index is 11.8. The maximum Gasteiger partial charge on any atom is 0.305 e. The van der Waals surface area contributed by atoms with Crippen LogP contribution in [0.2, 0.25) is 0 Å². The Kier molecular flexibility index (Phi) is 16.0. The van der Waals surface area contributed by atoms with E-state index in [2.05, 4.69) is 6.92 Å². The van der Waals surface area contributed by atoms with Crippen LogP contribution in [0.1, 0.15) is 103 Å². The van der Waals surface area contributed by atoms with Crippen molar-refractivity contribution in [3.63, 3.8) is 0 Å². The minimum Gasteiger partial charge on any atom is -0.481 e. The van der Waals surface area contributed by atoms with Crippen molar-refractivity contribution in [1.29, 1.82) is 0 Å². The van der Waals surface area contributed by atoms with Gasteiger partial charge in [0, 0.05) is 20.0 Å². The van der Waals surface area contributed by atoms with Crippen LogP contribution in [0, 0.1) is 0 Å². The molecule has 4 heteroatoms. The molecule has 0 aromatic rings. The normalized spacial score (nSPS) is 10.8. The third-order valence-electron chi connectivity index (χ3n) is 4.58. The lowest BCUT2D eigenvalue weighted by molar-refractivity contribution is -0.138. The van der Waals surface area contributed by atoms with Gasteiger partial charge in [-0.3, -0.25) is 9.59 Å². The van der Waals surface area contributed by atoms with Crippen LogP contribution in [0.5, 0.6) is 0 Å². The summed E-state index contributed by atoms with van der Waals surface area (Å²) in [6.45, 7) is 2.57. The van der Waals surface area contributed by atoms with Crippen LogP contribution in [0.4, 0.5) is 0 Å². The van der Waals surface area contributed by atoms with Crippen LogP contribution in [-0.2, 0) is 9.59 Å². The van der Waals surface area contributed by atoms with E-state index in [-0.39, 0.29) is 12.3 Å². The summed E-state index contributed by atoms with van der Waals surface area (Å²) in [4.78, 5) is 23.8. The van der Waals surface area contributed by atoms with E-state index in [1.54, 1.807) is 7.05 Å². The molecule has 1 amide bonds. The molecule has 0 aliphatic carbocycles. The third-order valence-corrected chi connectivity index (χ3v) is 4.58. The molecule has 0 saturated heterocycles. The van der Waals surface area contributed by atoms with Crippen molar-refractivity contribution in [2.75, 3.05) is 13.6 Å². The van der Waals surface area contributed by atoms with Gasteiger partial charge in [0.25, 0.3) is 0 Å². The Balaban J connectivity index is 3.27. The standard InChI is InChI=1S/C20H39NO3/c1-3-4-5-6-7-8-9-10-11-12-13-14-15-16-19(22)21(2)18-17-20(23)24/h3-18H2,1-2H3,(H,23,24). The van der Waals surface area contributed by atoms with Gasteiger partial charge in [-0.05, 0) is 6.42 Å². The Labute approximate surface area is 149 Å². The van der Waals surface area contributed by atoms with Crippen LogP contribution in [0.3, 0.4) is 0 Å². The monoisotopic (exact) mass is 341 g/mol. The second-order valence-electron chi connectivity index (χ2n) is 6.95. The predicted molar refractivity (Wildman–Crippen MR) is 100 cm³/mol. The lowest BCUT2D eigenvalue weighted by Crippen LogP contribution is -2.28. The van der Waals surface area contributed by atoms with E-state index >= 15 is 0 Å². The Bertz CT molecular complexity index is 318. The van der Waals surface area contributed by atoms with Crippen molar-refractivity contribution >= 4 is 11.9 Å². The molecule has 0 bridgehead atoms. The van der Waals surface area contributed by atoms with E-state index in [4.69, 9.17) is 5.11 Å². The highest BCUT2D eigenvalue weighted by Gasteiger charge is 2.09. The zero-order chi connectivity index (χ0) is 18.0. The van der Waals surface area contributed by atoms with Crippen LogP contribution >= 0.6 is 0 Å². The highest BCUT2D eigenvalue weighted by molar-refractivity contribution is 5.76. The zero-order valence-electron chi connectivity index (χ0n) is 16.0. The molecule has 0 fully saturated rings. The average molecular weight is 342 g/mol. The lowest BCUT2D eigenvalue weighted by Gasteiger charge is -2.15. The molecule has 0 rings (SSSR count). The average Bonchev–Trinajstić information content (AvgIpc) is 2.56.